The van der Waals surface area contributed by atoms with E-state index < -0.39 is 10.0 Å². The fraction of sp³-hybridized carbons (Fsp3) is 0.316. The van der Waals surface area contributed by atoms with Crippen LogP contribution in [-0.2, 0) is 10.0 Å². The fourth-order valence-electron chi connectivity index (χ4n) is 2.99. The molecule has 1 saturated heterocycles. The van der Waals surface area contributed by atoms with Crippen LogP contribution in [0.5, 0.6) is 0 Å². The van der Waals surface area contributed by atoms with E-state index in [1.54, 1.807) is 31.2 Å². The number of amides is 1. The van der Waals surface area contributed by atoms with Crippen LogP contribution in [0.1, 0.15) is 41.7 Å². The molecule has 2 aromatic carbocycles. The van der Waals surface area contributed by atoms with E-state index in [1.807, 2.05) is 0 Å². The highest BCUT2D eigenvalue weighted by Crippen LogP contribution is 2.22. The summed E-state index contributed by atoms with van der Waals surface area (Å²) >= 11 is 0. The molecule has 1 aliphatic heterocycles. The first-order valence-electron chi connectivity index (χ1n) is 8.54. The van der Waals surface area contributed by atoms with Crippen molar-refractivity contribution in [1.29, 1.82) is 0 Å². The van der Waals surface area contributed by atoms with Crippen LogP contribution < -0.4 is 5.32 Å². The second-order valence-corrected chi connectivity index (χ2v) is 8.32. The number of halogens is 1. The molecule has 0 aromatic heterocycles. The minimum atomic E-state index is -3.57. The lowest BCUT2D eigenvalue weighted by Gasteiger charge is -2.17. The van der Waals surface area contributed by atoms with Crippen molar-refractivity contribution in [1.82, 2.24) is 9.62 Å². The standard InChI is InChI=1S/C19H21FN2O3S/c1-14(15-7-9-17(20)10-8-15)21-19(23)16-5-4-6-18(13-16)26(24,25)22-11-2-3-12-22/h4-10,13-14H,2-3,11-12H2,1H3,(H,21,23)/t14-/m0/s1. The number of nitrogens with zero attached hydrogens (tertiary/aromatic N) is 1. The van der Waals surface area contributed by atoms with Gasteiger partial charge in [-0.2, -0.15) is 4.31 Å². The molecule has 3 rings (SSSR count). The third kappa shape index (κ3) is 3.94. The highest BCUT2D eigenvalue weighted by atomic mass is 32.2. The molecular weight excluding hydrogens is 355 g/mol. The predicted molar refractivity (Wildman–Crippen MR) is 96.7 cm³/mol. The number of hydrogen-bond donors (Lipinski definition) is 1. The highest BCUT2D eigenvalue weighted by Gasteiger charge is 2.27. The van der Waals surface area contributed by atoms with E-state index in [-0.39, 0.29) is 28.2 Å². The van der Waals surface area contributed by atoms with Crippen LogP contribution in [0, 0.1) is 5.82 Å². The number of benzene rings is 2. The van der Waals surface area contributed by atoms with E-state index in [0.29, 0.717) is 13.1 Å². The molecular formula is C19H21FN2O3S. The van der Waals surface area contributed by atoms with Gasteiger partial charge >= 0.3 is 0 Å². The molecule has 1 atom stereocenters. The molecule has 0 radical (unpaired) electrons. The Balaban J connectivity index is 1.77. The van der Waals surface area contributed by atoms with Gasteiger partial charge in [-0.25, -0.2) is 12.8 Å². The summed E-state index contributed by atoms with van der Waals surface area (Å²) in [7, 11) is -3.57. The number of sulfonamides is 1. The Morgan fingerprint density at radius 1 is 1.12 bits per heavy atom. The molecule has 0 saturated carbocycles. The Morgan fingerprint density at radius 2 is 1.77 bits per heavy atom. The van der Waals surface area contributed by atoms with Crippen molar-refractivity contribution in [2.45, 2.75) is 30.7 Å². The maximum atomic E-state index is 13.0. The number of carbonyl (C=O) groups is 1. The van der Waals surface area contributed by atoms with Crippen molar-refractivity contribution in [2.75, 3.05) is 13.1 Å². The van der Waals surface area contributed by atoms with E-state index in [4.69, 9.17) is 0 Å². The Hall–Kier alpha value is -2.25. The average Bonchev–Trinajstić information content (AvgIpc) is 3.18. The van der Waals surface area contributed by atoms with E-state index in [2.05, 4.69) is 5.32 Å². The first-order valence-corrected chi connectivity index (χ1v) is 9.98. The molecule has 0 spiro atoms. The molecule has 5 nitrogen and oxygen atoms in total. The predicted octanol–water partition coefficient (Wildman–Crippen LogP) is 3.10. The van der Waals surface area contributed by atoms with Gasteiger partial charge in [-0.05, 0) is 55.7 Å². The maximum absolute atomic E-state index is 13.0. The average molecular weight is 376 g/mol. The molecule has 0 aliphatic carbocycles. The van der Waals surface area contributed by atoms with E-state index >= 15 is 0 Å². The van der Waals surface area contributed by atoms with E-state index in [9.17, 15) is 17.6 Å². The fourth-order valence-corrected chi connectivity index (χ4v) is 4.55. The zero-order chi connectivity index (χ0) is 18.7. The lowest BCUT2D eigenvalue weighted by atomic mass is 10.1. The van der Waals surface area contributed by atoms with Crippen LogP contribution in [0.2, 0.25) is 0 Å². The minimum absolute atomic E-state index is 0.126. The highest BCUT2D eigenvalue weighted by molar-refractivity contribution is 7.89. The summed E-state index contributed by atoms with van der Waals surface area (Å²) < 4.78 is 39.8. The summed E-state index contributed by atoms with van der Waals surface area (Å²) in [5, 5.41) is 2.81. The van der Waals surface area contributed by atoms with Gasteiger partial charge in [0.2, 0.25) is 10.0 Å². The summed E-state index contributed by atoms with van der Waals surface area (Å²) in [5.74, 6) is -0.715. The maximum Gasteiger partial charge on any atom is 0.251 e. The first kappa shape index (κ1) is 18.5. The van der Waals surface area contributed by atoms with Gasteiger partial charge in [-0.15, -0.1) is 0 Å². The molecule has 7 heteroatoms. The third-order valence-electron chi connectivity index (χ3n) is 4.52. The van der Waals surface area contributed by atoms with Crippen molar-refractivity contribution in [3.63, 3.8) is 0 Å². The summed E-state index contributed by atoms with van der Waals surface area (Å²) in [4.78, 5) is 12.6. The third-order valence-corrected chi connectivity index (χ3v) is 6.41. The Kier molecular flexibility index (Phi) is 5.38. The molecule has 1 N–H and O–H groups in total. The van der Waals surface area contributed by atoms with Crippen molar-refractivity contribution in [3.8, 4) is 0 Å². The molecule has 1 aliphatic rings. The van der Waals surface area contributed by atoms with Gasteiger partial charge in [0.15, 0.2) is 0 Å². The number of nitrogens with one attached hydrogen (secondary N) is 1. The molecule has 1 heterocycles. The van der Waals surface area contributed by atoms with Crippen LogP contribution in [0.25, 0.3) is 0 Å². The van der Waals surface area contributed by atoms with Crippen molar-refractivity contribution in [2.24, 2.45) is 0 Å². The topological polar surface area (TPSA) is 66.5 Å². The molecule has 2 aromatic rings. The summed E-state index contributed by atoms with van der Waals surface area (Å²) in [6, 6.07) is 11.6. The number of hydrogen-bond acceptors (Lipinski definition) is 3. The smallest absolute Gasteiger partial charge is 0.251 e. The Bertz CT molecular complexity index is 891. The first-order chi connectivity index (χ1) is 12.4. The molecule has 0 unspecified atom stereocenters. The Labute approximate surface area is 152 Å². The lowest BCUT2D eigenvalue weighted by Crippen LogP contribution is -2.29. The quantitative estimate of drug-likeness (QED) is 0.872. The van der Waals surface area contributed by atoms with Crippen LogP contribution in [0.15, 0.2) is 53.4 Å². The van der Waals surface area contributed by atoms with Gasteiger partial charge in [0.1, 0.15) is 5.82 Å². The van der Waals surface area contributed by atoms with Crippen LogP contribution in [-0.4, -0.2) is 31.7 Å². The second-order valence-electron chi connectivity index (χ2n) is 6.39. The van der Waals surface area contributed by atoms with Crippen molar-refractivity contribution in [3.05, 3.63) is 65.5 Å². The number of rotatable bonds is 5. The van der Waals surface area contributed by atoms with Gasteiger partial charge in [-0.1, -0.05) is 18.2 Å². The Morgan fingerprint density at radius 3 is 2.42 bits per heavy atom. The lowest BCUT2D eigenvalue weighted by molar-refractivity contribution is 0.0939. The van der Waals surface area contributed by atoms with Crippen molar-refractivity contribution >= 4 is 15.9 Å². The van der Waals surface area contributed by atoms with Gasteiger partial charge < -0.3 is 5.32 Å². The summed E-state index contributed by atoms with van der Waals surface area (Å²) in [6.45, 7) is 2.82. The van der Waals surface area contributed by atoms with E-state index in [1.165, 1.54) is 28.6 Å². The van der Waals surface area contributed by atoms with Crippen LogP contribution >= 0.6 is 0 Å². The second kappa shape index (κ2) is 7.55. The van der Waals surface area contributed by atoms with Crippen LogP contribution in [0.4, 0.5) is 4.39 Å². The zero-order valence-corrected chi connectivity index (χ0v) is 15.3. The van der Waals surface area contributed by atoms with Crippen LogP contribution in [0.3, 0.4) is 0 Å². The normalized spacial score (nSPS) is 16.4. The molecule has 1 amide bonds. The van der Waals surface area contributed by atoms with Gasteiger partial charge in [0.05, 0.1) is 10.9 Å². The summed E-state index contributed by atoms with van der Waals surface area (Å²) in [5.41, 5.74) is 1.04. The molecule has 0 bridgehead atoms. The monoisotopic (exact) mass is 376 g/mol. The molecule has 1 fully saturated rings. The van der Waals surface area contributed by atoms with Gasteiger partial charge in [-0.3, -0.25) is 4.79 Å². The van der Waals surface area contributed by atoms with Gasteiger partial charge in [0.25, 0.3) is 5.91 Å². The zero-order valence-electron chi connectivity index (χ0n) is 14.5. The number of carbonyl (C=O) groups excluding carboxylic acids is 1. The van der Waals surface area contributed by atoms with Gasteiger partial charge in [0, 0.05) is 18.7 Å². The molecule has 138 valence electrons. The van der Waals surface area contributed by atoms with Crippen molar-refractivity contribution < 1.29 is 17.6 Å². The van der Waals surface area contributed by atoms with E-state index in [0.717, 1.165) is 18.4 Å². The molecule has 26 heavy (non-hydrogen) atoms. The SMILES string of the molecule is C[C@H](NC(=O)c1cccc(S(=O)(=O)N2CCCC2)c1)c1ccc(F)cc1. The summed E-state index contributed by atoms with van der Waals surface area (Å²) in [6.07, 6.45) is 1.71. The largest absolute Gasteiger partial charge is 0.346 e. The minimum Gasteiger partial charge on any atom is -0.346 e.